The van der Waals surface area contributed by atoms with Crippen molar-refractivity contribution in [1.82, 2.24) is 15.2 Å². The molecule has 2 aliphatic heterocycles. The summed E-state index contributed by atoms with van der Waals surface area (Å²) in [4.78, 5) is 20.2. The average Bonchev–Trinajstić information content (AvgIpc) is 3.60. The van der Waals surface area contributed by atoms with Crippen molar-refractivity contribution in [3.8, 4) is 11.5 Å². The number of carbonyl (C=O) groups excluding carboxylic acids is 1. The minimum atomic E-state index is -1.14. The molecule has 2 aliphatic carbocycles. The highest BCUT2D eigenvalue weighted by molar-refractivity contribution is 6.02. The Morgan fingerprint density at radius 2 is 2.08 bits per heavy atom. The fourth-order valence-electron chi connectivity index (χ4n) is 7.17. The second-order valence-electron chi connectivity index (χ2n) is 11.9. The number of aromatic nitrogens is 1. The summed E-state index contributed by atoms with van der Waals surface area (Å²) in [6.07, 6.45) is 6.70. The number of phenols is 1. The number of hydrogen-bond acceptors (Lipinski definition) is 6. The van der Waals surface area contributed by atoms with Gasteiger partial charge in [-0.15, -0.1) is 0 Å². The lowest BCUT2D eigenvalue weighted by Gasteiger charge is -2.60. The second-order valence-corrected chi connectivity index (χ2v) is 11.9. The van der Waals surface area contributed by atoms with E-state index < -0.39 is 17.1 Å². The number of nitrogens with one attached hydrogen (secondary N) is 1. The van der Waals surface area contributed by atoms with Crippen LogP contribution in [0, 0.1) is 5.92 Å². The Hall–Kier alpha value is -2.90. The Morgan fingerprint density at radius 1 is 1.30 bits per heavy atom. The van der Waals surface area contributed by atoms with Crippen LogP contribution in [0.2, 0.25) is 0 Å². The zero-order valence-electron chi connectivity index (χ0n) is 22.1. The Bertz CT molecular complexity index is 1270. The van der Waals surface area contributed by atoms with Gasteiger partial charge in [0.1, 0.15) is 6.10 Å². The molecule has 3 heterocycles. The van der Waals surface area contributed by atoms with Crippen LogP contribution in [0.3, 0.4) is 0 Å². The van der Waals surface area contributed by atoms with Crippen molar-refractivity contribution in [1.29, 1.82) is 0 Å². The summed E-state index contributed by atoms with van der Waals surface area (Å²) in [6.45, 7) is 9.48. The average molecular weight is 504 g/mol. The van der Waals surface area contributed by atoms with Crippen LogP contribution in [0.5, 0.6) is 11.5 Å². The number of aromatic hydroxyl groups is 1. The molecule has 1 spiro atoms. The smallest absolute Gasteiger partial charge is 0.247 e. The first kappa shape index (κ1) is 24.4. The highest BCUT2D eigenvalue weighted by atomic mass is 16.5. The summed E-state index contributed by atoms with van der Waals surface area (Å²) in [5.74, 6) is 1.05. The molecule has 37 heavy (non-hydrogen) atoms. The topological polar surface area (TPSA) is 94.9 Å². The third kappa shape index (κ3) is 3.62. The van der Waals surface area contributed by atoms with Crippen molar-refractivity contribution in [2.24, 2.45) is 5.92 Å². The summed E-state index contributed by atoms with van der Waals surface area (Å²) in [7, 11) is 0. The largest absolute Gasteiger partial charge is 0.504 e. The molecule has 0 radical (unpaired) electrons. The number of rotatable bonds is 6. The molecule has 6 rings (SSSR count). The van der Waals surface area contributed by atoms with Gasteiger partial charge in [-0.2, -0.15) is 0 Å². The zero-order valence-corrected chi connectivity index (χ0v) is 22.1. The van der Waals surface area contributed by atoms with Crippen LogP contribution < -0.4 is 10.1 Å². The van der Waals surface area contributed by atoms with Gasteiger partial charge in [-0.1, -0.05) is 12.1 Å². The molecule has 7 nitrogen and oxygen atoms in total. The molecule has 2 bridgehead atoms. The number of nitrogens with zero attached hydrogens (tertiary/aromatic N) is 2. The van der Waals surface area contributed by atoms with Gasteiger partial charge in [-0.25, -0.2) is 0 Å². The van der Waals surface area contributed by atoms with Gasteiger partial charge < -0.3 is 20.3 Å². The van der Waals surface area contributed by atoms with Gasteiger partial charge in [-0.05, 0) is 83.5 Å². The molecule has 2 aromatic rings. The van der Waals surface area contributed by atoms with Crippen LogP contribution in [-0.2, 0) is 16.6 Å². The minimum Gasteiger partial charge on any atom is -0.504 e. The Morgan fingerprint density at radius 3 is 2.76 bits per heavy atom. The maximum absolute atomic E-state index is 13.4. The van der Waals surface area contributed by atoms with Crippen molar-refractivity contribution in [2.75, 3.05) is 13.1 Å². The molecule has 1 amide bonds. The van der Waals surface area contributed by atoms with Gasteiger partial charge >= 0.3 is 0 Å². The third-order valence-corrected chi connectivity index (χ3v) is 9.14. The monoisotopic (exact) mass is 503 g/mol. The molecule has 7 heteroatoms. The van der Waals surface area contributed by atoms with E-state index >= 15 is 0 Å². The standard InChI is InChI=1S/C30H37N3O4/c1-17(2)32-28(35)18(3)24(21-6-5-12-31-15-21)27-30-11-13-33(16-19-7-8-19)23(29(30,4)36)14-20-9-10-22(34)26(37-27)25(20)30/h5-6,9-10,12,15,17,19,23,27,34,36H,7-8,11,13-14,16H2,1-4H3,(H,32,35)/b24-18+/t23-,27+,29-,30+/m1/s1. The van der Waals surface area contributed by atoms with E-state index in [0.29, 0.717) is 35.7 Å². The van der Waals surface area contributed by atoms with Crippen LogP contribution in [0.4, 0.5) is 0 Å². The van der Waals surface area contributed by atoms with Gasteiger partial charge in [-0.3, -0.25) is 14.7 Å². The van der Waals surface area contributed by atoms with Gasteiger partial charge in [0.05, 0.1) is 11.0 Å². The molecule has 1 saturated heterocycles. The molecule has 3 N–H and O–H groups in total. The zero-order chi connectivity index (χ0) is 26.1. The number of carbonyl (C=O) groups is 1. The maximum Gasteiger partial charge on any atom is 0.247 e. The molecule has 4 atom stereocenters. The van der Waals surface area contributed by atoms with Crippen LogP contribution in [0.25, 0.3) is 5.57 Å². The van der Waals surface area contributed by atoms with E-state index in [1.54, 1.807) is 18.5 Å². The normalized spacial score (nSPS) is 31.0. The molecule has 2 fully saturated rings. The Labute approximate surface area is 218 Å². The van der Waals surface area contributed by atoms with Crippen LogP contribution in [-0.4, -0.2) is 62.9 Å². The van der Waals surface area contributed by atoms with E-state index in [-0.39, 0.29) is 23.7 Å². The number of hydrogen-bond donors (Lipinski definition) is 3. The molecule has 1 aromatic heterocycles. The fraction of sp³-hybridized carbons (Fsp3) is 0.533. The van der Waals surface area contributed by atoms with E-state index in [2.05, 4.69) is 15.2 Å². The first-order valence-electron chi connectivity index (χ1n) is 13.6. The van der Waals surface area contributed by atoms with Crippen molar-refractivity contribution in [2.45, 2.75) is 82.6 Å². The third-order valence-electron chi connectivity index (χ3n) is 9.14. The highest BCUT2D eigenvalue weighted by Crippen LogP contribution is 2.64. The lowest BCUT2D eigenvalue weighted by atomic mass is 9.52. The molecule has 196 valence electrons. The predicted molar refractivity (Wildman–Crippen MR) is 141 cm³/mol. The lowest BCUT2D eigenvalue weighted by molar-refractivity contribution is -0.146. The Balaban J connectivity index is 1.56. The first-order valence-corrected chi connectivity index (χ1v) is 13.6. The highest BCUT2D eigenvalue weighted by Gasteiger charge is 2.69. The molecular weight excluding hydrogens is 466 g/mol. The quantitative estimate of drug-likeness (QED) is 0.522. The number of ether oxygens (including phenoxy) is 1. The number of fused-ring (bicyclic) bond motifs is 1. The number of benzene rings is 1. The SMILES string of the molecule is C/C(C(=O)NC(C)C)=C(/c1cccnc1)[C@@H]1Oc2c(O)ccc3c2[C@@]12CCN(CC1CC1)[C@H](C3)[C@@]2(C)O. The van der Waals surface area contributed by atoms with Gasteiger partial charge in [0.25, 0.3) is 0 Å². The van der Waals surface area contributed by atoms with Crippen molar-refractivity contribution < 1.29 is 19.7 Å². The molecule has 1 aromatic carbocycles. The lowest BCUT2D eigenvalue weighted by Crippen LogP contribution is -2.73. The van der Waals surface area contributed by atoms with E-state index in [0.717, 1.165) is 29.8 Å². The molecule has 4 aliphatic rings. The summed E-state index contributed by atoms with van der Waals surface area (Å²) < 4.78 is 6.70. The number of pyridine rings is 1. The molecular formula is C30H37N3O4. The molecule has 1 saturated carbocycles. The minimum absolute atomic E-state index is 0.0269. The van der Waals surface area contributed by atoms with Crippen molar-refractivity contribution in [3.63, 3.8) is 0 Å². The van der Waals surface area contributed by atoms with E-state index in [4.69, 9.17) is 4.74 Å². The van der Waals surface area contributed by atoms with Crippen LogP contribution in [0.1, 0.15) is 63.6 Å². The van der Waals surface area contributed by atoms with E-state index in [1.807, 2.05) is 45.9 Å². The number of aliphatic hydroxyl groups is 1. The van der Waals surface area contributed by atoms with Gasteiger partial charge in [0.15, 0.2) is 11.5 Å². The summed E-state index contributed by atoms with van der Waals surface area (Å²) in [6, 6.07) is 7.39. The van der Waals surface area contributed by atoms with Crippen molar-refractivity contribution >= 4 is 11.5 Å². The predicted octanol–water partition coefficient (Wildman–Crippen LogP) is 3.58. The summed E-state index contributed by atoms with van der Waals surface area (Å²) in [5, 5.41) is 26.5. The second kappa shape index (κ2) is 8.57. The molecule has 0 unspecified atom stereocenters. The van der Waals surface area contributed by atoms with Crippen molar-refractivity contribution in [3.05, 3.63) is 58.9 Å². The van der Waals surface area contributed by atoms with E-state index in [9.17, 15) is 15.0 Å². The number of likely N-dealkylation sites (tertiary alicyclic amines) is 1. The first-order chi connectivity index (χ1) is 17.6. The van der Waals surface area contributed by atoms with Crippen LogP contribution in [0.15, 0.2) is 42.2 Å². The number of piperidine rings is 1. The van der Waals surface area contributed by atoms with Gasteiger partial charge in [0.2, 0.25) is 5.91 Å². The van der Waals surface area contributed by atoms with E-state index in [1.165, 1.54) is 12.8 Å². The summed E-state index contributed by atoms with van der Waals surface area (Å²) in [5.41, 5.74) is 2.09. The van der Waals surface area contributed by atoms with Crippen LogP contribution >= 0.6 is 0 Å². The maximum atomic E-state index is 13.4. The van der Waals surface area contributed by atoms with Gasteiger partial charge in [0, 0.05) is 53.3 Å². The number of phenolic OH excluding ortho intramolecular Hbond substituents is 1. The summed E-state index contributed by atoms with van der Waals surface area (Å²) >= 11 is 0. The number of amides is 1. The Kier molecular flexibility index (Phi) is 5.66. The fourth-order valence-corrected chi connectivity index (χ4v) is 7.17.